The van der Waals surface area contributed by atoms with E-state index in [4.69, 9.17) is 0 Å². The lowest BCUT2D eigenvalue weighted by Crippen LogP contribution is -2.42. The summed E-state index contributed by atoms with van der Waals surface area (Å²) in [4.78, 5) is 16.3. The first-order valence-corrected chi connectivity index (χ1v) is 10.1. The van der Waals surface area contributed by atoms with E-state index >= 15 is 0 Å². The average Bonchev–Trinajstić information content (AvgIpc) is 2.82. The average molecular weight is 346 g/mol. The van der Waals surface area contributed by atoms with Crippen molar-refractivity contribution in [3.63, 3.8) is 0 Å². The third kappa shape index (κ3) is 3.81. The molecule has 1 fully saturated rings. The molecule has 1 aliphatic heterocycles. The summed E-state index contributed by atoms with van der Waals surface area (Å²) in [7, 11) is 0. The van der Waals surface area contributed by atoms with E-state index in [0.29, 0.717) is 5.56 Å². The molecule has 1 aliphatic carbocycles. The number of rotatable bonds is 3. The molecule has 4 nitrogen and oxygen atoms in total. The van der Waals surface area contributed by atoms with Crippen LogP contribution in [0, 0.1) is 11.3 Å². The topological polar surface area (TPSA) is 56.1 Å². The van der Waals surface area contributed by atoms with Crippen LogP contribution in [0.4, 0.5) is 5.00 Å². The number of fused-ring (bicyclic) bond motifs is 1. The highest BCUT2D eigenvalue weighted by atomic mass is 32.1. The van der Waals surface area contributed by atoms with Gasteiger partial charge in [-0.15, -0.1) is 11.3 Å². The molecular formula is C19H27N3OS. The van der Waals surface area contributed by atoms with E-state index in [2.05, 4.69) is 16.3 Å². The van der Waals surface area contributed by atoms with Crippen LogP contribution in [0.1, 0.15) is 67.9 Å². The normalized spacial score (nSPS) is 20.3. The van der Waals surface area contributed by atoms with E-state index in [1.165, 1.54) is 49.0 Å². The molecule has 0 bridgehead atoms. The molecule has 1 aromatic rings. The number of thiophene rings is 1. The van der Waals surface area contributed by atoms with Gasteiger partial charge in [0, 0.05) is 4.88 Å². The molecule has 2 heterocycles. The third-order valence-electron chi connectivity index (χ3n) is 5.34. The minimum Gasteiger partial charge on any atom is -0.315 e. The predicted octanol–water partition coefficient (Wildman–Crippen LogP) is 4.09. The van der Waals surface area contributed by atoms with Crippen LogP contribution in [-0.4, -0.2) is 29.9 Å². The van der Waals surface area contributed by atoms with Crippen molar-refractivity contribution >= 4 is 22.2 Å². The van der Waals surface area contributed by atoms with Crippen LogP contribution < -0.4 is 5.32 Å². The molecule has 130 valence electrons. The number of hydrogen-bond donors (Lipinski definition) is 1. The van der Waals surface area contributed by atoms with Crippen LogP contribution in [0.5, 0.6) is 0 Å². The van der Waals surface area contributed by atoms with E-state index in [1.54, 1.807) is 11.3 Å². The largest absolute Gasteiger partial charge is 0.315 e. The van der Waals surface area contributed by atoms with E-state index in [-0.39, 0.29) is 11.9 Å². The molecule has 1 amide bonds. The van der Waals surface area contributed by atoms with Gasteiger partial charge in [-0.1, -0.05) is 19.3 Å². The standard InChI is InChI=1S/C19H27N3OS/c1-14(22-11-7-2-3-8-12-22)18(23)21-19-16(13-20)15-9-5-4-6-10-17(15)24-19/h14H,2-12H2,1H3,(H,21,23)/t14-/m1/s1. The summed E-state index contributed by atoms with van der Waals surface area (Å²) in [6, 6.07) is 2.22. The molecule has 3 rings (SSSR count). The molecule has 5 heteroatoms. The van der Waals surface area contributed by atoms with Gasteiger partial charge in [-0.3, -0.25) is 9.69 Å². The van der Waals surface area contributed by atoms with Gasteiger partial charge in [-0.2, -0.15) is 5.26 Å². The van der Waals surface area contributed by atoms with Crippen molar-refractivity contribution in [2.24, 2.45) is 0 Å². The van der Waals surface area contributed by atoms with Crippen molar-refractivity contribution in [3.8, 4) is 6.07 Å². The number of carbonyl (C=O) groups is 1. The first-order chi connectivity index (χ1) is 11.7. The summed E-state index contributed by atoms with van der Waals surface area (Å²) in [5.74, 6) is 0.0322. The fraction of sp³-hybridized carbons (Fsp3) is 0.684. The predicted molar refractivity (Wildman–Crippen MR) is 98.4 cm³/mol. The van der Waals surface area contributed by atoms with Gasteiger partial charge in [0.15, 0.2) is 0 Å². The maximum atomic E-state index is 12.7. The Hall–Kier alpha value is -1.38. The number of aryl methyl sites for hydroxylation is 1. The SMILES string of the molecule is C[C@H](C(=O)Nc1sc2c(c1C#N)CCCCC2)N1CCCCCC1. The Morgan fingerprint density at radius 1 is 1.12 bits per heavy atom. The molecule has 0 aromatic carbocycles. The molecule has 1 saturated heterocycles. The Labute approximate surface area is 148 Å². The molecule has 0 unspecified atom stereocenters. The summed E-state index contributed by atoms with van der Waals surface area (Å²) in [5.41, 5.74) is 1.91. The lowest BCUT2D eigenvalue weighted by atomic mass is 10.1. The first-order valence-electron chi connectivity index (χ1n) is 9.30. The summed E-state index contributed by atoms with van der Waals surface area (Å²) in [5, 5.41) is 13.4. The number of carbonyl (C=O) groups excluding carboxylic acids is 1. The fourth-order valence-corrected chi connectivity index (χ4v) is 5.06. The van der Waals surface area contributed by atoms with Gasteiger partial charge < -0.3 is 5.32 Å². The van der Waals surface area contributed by atoms with Crippen molar-refractivity contribution in [1.29, 1.82) is 5.26 Å². The Kier molecular flexibility index (Phi) is 5.91. The minimum atomic E-state index is -0.128. The zero-order chi connectivity index (χ0) is 16.9. The Balaban J connectivity index is 1.73. The maximum Gasteiger partial charge on any atom is 0.242 e. The highest BCUT2D eigenvalue weighted by molar-refractivity contribution is 7.16. The number of nitrogens with zero attached hydrogens (tertiary/aromatic N) is 2. The number of anilines is 1. The van der Waals surface area contributed by atoms with Gasteiger partial charge in [0.05, 0.1) is 11.6 Å². The Bertz CT molecular complexity index is 623. The minimum absolute atomic E-state index is 0.0322. The fourth-order valence-electron chi connectivity index (χ4n) is 3.81. The molecule has 1 atom stereocenters. The Morgan fingerprint density at radius 2 is 1.79 bits per heavy atom. The quantitative estimate of drug-likeness (QED) is 0.839. The molecule has 1 N–H and O–H groups in total. The van der Waals surface area contributed by atoms with E-state index in [0.717, 1.165) is 37.4 Å². The van der Waals surface area contributed by atoms with Gasteiger partial charge in [-0.05, 0) is 64.1 Å². The van der Waals surface area contributed by atoms with Crippen molar-refractivity contribution in [2.75, 3.05) is 18.4 Å². The van der Waals surface area contributed by atoms with E-state index in [1.807, 2.05) is 6.92 Å². The van der Waals surface area contributed by atoms with Gasteiger partial charge in [-0.25, -0.2) is 0 Å². The van der Waals surface area contributed by atoms with Crippen LogP contribution >= 0.6 is 11.3 Å². The summed E-state index contributed by atoms with van der Waals surface area (Å²) < 4.78 is 0. The number of nitriles is 1. The molecule has 0 radical (unpaired) electrons. The summed E-state index contributed by atoms with van der Waals surface area (Å²) >= 11 is 1.62. The van der Waals surface area contributed by atoms with Gasteiger partial charge in [0.1, 0.15) is 11.1 Å². The zero-order valence-corrected chi connectivity index (χ0v) is 15.4. The maximum absolute atomic E-state index is 12.7. The van der Waals surface area contributed by atoms with Crippen molar-refractivity contribution in [1.82, 2.24) is 4.90 Å². The number of likely N-dealkylation sites (tertiary alicyclic amines) is 1. The second kappa shape index (κ2) is 8.13. The van der Waals surface area contributed by atoms with Crippen LogP contribution in [0.2, 0.25) is 0 Å². The number of amides is 1. The molecule has 1 aromatic heterocycles. The van der Waals surface area contributed by atoms with Crippen molar-refractivity contribution in [2.45, 2.75) is 70.8 Å². The summed E-state index contributed by atoms with van der Waals surface area (Å²) in [6.07, 6.45) is 10.5. The molecule has 2 aliphatic rings. The lowest BCUT2D eigenvalue weighted by molar-refractivity contribution is -0.120. The number of hydrogen-bond acceptors (Lipinski definition) is 4. The highest BCUT2D eigenvalue weighted by Crippen LogP contribution is 2.37. The summed E-state index contributed by atoms with van der Waals surface area (Å²) in [6.45, 7) is 3.99. The smallest absolute Gasteiger partial charge is 0.242 e. The lowest BCUT2D eigenvalue weighted by Gasteiger charge is -2.26. The molecular weight excluding hydrogens is 318 g/mol. The monoisotopic (exact) mass is 345 g/mol. The van der Waals surface area contributed by atoms with Gasteiger partial charge in [0.25, 0.3) is 0 Å². The molecule has 0 saturated carbocycles. The van der Waals surface area contributed by atoms with Gasteiger partial charge in [0.2, 0.25) is 5.91 Å². The van der Waals surface area contributed by atoms with Crippen molar-refractivity contribution in [3.05, 3.63) is 16.0 Å². The van der Waals surface area contributed by atoms with E-state index in [9.17, 15) is 10.1 Å². The molecule has 0 spiro atoms. The number of nitrogens with one attached hydrogen (secondary N) is 1. The second-order valence-corrected chi connectivity index (χ2v) is 8.10. The van der Waals surface area contributed by atoms with E-state index < -0.39 is 0 Å². The second-order valence-electron chi connectivity index (χ2n) is 7.00. The first kappa shape index (κ1) is 17.4. The Morgan fingerprint density at radius 3 is 2.50 bits per heavy atom. The highest BCUT2D eigenvalue weighted by Gasteiger charge is 2.25. The molecule has 24 heavy (non-hydrogen) atoms. The van der Waals surface area contributed by atoms with Crippen LogP contribution in [-0.2, 0) is 17.6 Å². The van der Waals surface area contributed by atoms with Crippen LogP contribution in [0.15, 0.2) is 0 Å². The van der Waals surface area contributed by atoms with Crippen LogP contribution in [0.25, 0.3) is 0 Å². The zero-order valence-electron chi connectivity index (χ0n) is 14.6. The van der Waals surface area contributed by atoms with Crippen molar-refractivity contribution < 1.29 is 4.79 Å². The van der Waals surface area contributed by atoms with Crippen LogP contribution in [0.3, 0.4) is 0 Å². The third-order valence-corrected chi connectivity index (χ3v) is 6.54. The van der Waals surface area contributed by atoms with Gasteiger partial charge >= 0.3 is 0 Å².